The first kappa shape index (κ1) is 13.5. The molecule has 0 spiro atoms. The summed E-state index contributed by atoms with van der Waals surface area (Å²) in [6, 6.07) is 6.90. The Morgan fingerprint density at radius 1 is 1.25 bits per heavy atom. The molecule has 0 unspecified atom stereocenters. The summed E-state index contributed by atoms with van der Waals surface area (Å²) >= 11 is 1.59. The first-order chi connectivity index (χ1) is 7.45. The van der Waals surface area contributed by atoms with Gasteiger partial charge in [0.05, 0.1) is 4.90 Å². The van der Waals surface area contributed by atoms with Crippen LogP contribution in [0.15, 0.2) is 34.1 Å². The van der Waals surface area contributed by atoms with Crippen molar-refractivity contribution in [2.45, 2.75) is 23.6 Å². The van der Waals surface area contributed by atoms with Gasteiger partial charge in [-0.1, -0.05) is 13.8 Å². The van der Waals surface area contributed by atoms with E-state index in [1.165, 1.54) is 0 Å². The van der Waals surface area contributed by atoms with Gasteiger partial charge in [-0.25, -0.2) is 13.1 Å². The molecule has 0 atom stereocenters. The second-order valence-corrected chi connectivity index (χ2v) is 6.57. The second kappa shape index (κ2) is 5.70. The van der Waals surface area contributed by atoms with Gasteiger partial charge in [-0.3, -0.25) is 0 Å². The molecule has 1 aromatic carbocycles. The second-order valence-electron chi connectivity index (χ2n) is 3.92. The van der Waals surface area contributed by atoms with Crippen LogP contribution >= 0.6 is 11.8 Å². The van der Waals surface area contributed by atoms with Crippen LogP contribution in [0.3, 0.4) is 0 Å². The number of sulfonamides is 1. The summed E-state index contributed by atoms with van der Waals surface area (Å²) in [5.41, 5.74) is 0. The monoisotopic (exact) mass is 259 g/mol. The molecule has 16 heavy (non-hydrogen) atoms. The zero-order valence-corrected chi connectivity index (χ0v) is 11.4. The summed E-state index contributed by atoms with van der Waals surface area (Å²) in [4.78, 5) is 1.38. The molecule has 0 aliphatic rings. The van der Waals surface area contributed by atoms with Gasteiger partial charge in [0.1, 0.15) is 0 Å². The number of hydrogen-bond donors (Lipinski definition) is 1. The fraction of sp³-hybridized carbons (Fsp3) is 0.455. The zero-order chi connectivity index (χ0) is 12.2. The Kier molecular flexibility index (Phi) is 4.83. The molecule has 1 rings (SSSR count). The highest BCUT2D eigenvalue weighted by molar-refractivity contribution is 7.98. The van der Waals surface area contributed by atoms with Crippen LogP contribution in [0.4, 0.5) is 0 Å². The van der Waals surface area contributed by atoms with Crippen molar-refractivity contribution >= 4 is 21.8 Å². The van der Waals surface area contributed by atoms with Gasteiger partial charge in [-0.05, 0) is 36.4 Å². The van der Waals surface area contributed by atoms with Gasteiger partial charge in [0.2, 0.25) is 10.0 Å². The van der Waals surface area contributed by atoms with Gasteiger partial charge in [0, 0.05) is 11.4 Å². The number of thioether (sulfide) groups is 1. The van der Waals surface area contributed by atoms with Crippen LogP contribution in [0.2, 0.25) is 0 Å². The molecule has 0 aromatic heterocycles. The minimum atomic E-state index is -3.34. The Labute approximate surface area is 102 Å². The first-order valence-corrected chi connectivity index (χ1v) is 7.80. The molecule has 5 heteroatoms. The van der Waals surface area contributed by atoms with Crippen LogP contribution in [0.1, 0.15) is 13.8 Å². The van der Waals surface area contributed by atoms with Gasteiger partial charge in [0.25, 0.3) is 0 Å². The lowest BCUT2D eigenvalue weighted by atomic mass is 10.2. The molecule has 0 aliphatic carbocycles. The average molecular weight is 259 g/mol. The number of nitrogens with one attached hydrogen (secondary N) is 1. The van der Waals surface area contributed by atoms with Gasteiger partial charge in [-0.15, -0.1) is 11.8 Å². The predicted molar refractivity (Wildman–Crippen MR) is 68.2 cm³/mol. The van der Waals surface area contributed by atoms with Crippen molar-refractivity contribution in [3.8, 4) is 0 Å². The van der Waals surface area contributed by atoms with E-state index in [0.717, 1.165) is 4.90 Å². The van der Waals surface area contributed by atoms with Crippen molar-refractivity contribution in [1.29, 1.82) is 0 Å². The lowest BCUT2D eigenvalue weighted by Crippen LogP contribution is -2.27. The van der Waals surface area contributed by atoms with Crippen molar-refractivity contribution in [2.75, 3.05) is 12.8 Å². The summed E-state index contributed by atoms with van der Waals surface area (Å²) < 4.78 is 26.2. The first-order valence-electron chi connectivity index (χ1n) is 5.09. The van der Waals surface area contributed by atoms with E-state index in [-0.39, 0.29) is 0 Å². The van der Waals surface area contributed by atoms with Crippen LogP contribution in [0, 0.1) is 5.92 Å². The van der Waals surface area contributed by atoms with Crippen molar-refractivity contribution in [3.63, 3.8) is 0 Å². The quantitative estimate of drug-likeness (QED) is 0.826. The molecule has 1 aromatic rings. The Balaban J connectivity index is 2.82. The molecule has 0 radical (unpaired) electrons. The third-order valence-corrected chi connectivity index (χ3v) is 4.23. The van der Waals surface area contributed by atoms with Crippen molar-refractivity contribution in [3.05, 3.63) is 24.3 Å². The highest BCUT2D eigenvalue weighted by Gasteiger charge is 2.13. The number of benzene rings is 1. The standard InChI is InChI=1S/C11H17NO2S2/c1-9(2)8-12-16(13,14)11-6-4-10(15-3)5-7-11/h4-7,9,12H,8H2,1-3H3. The summed E-state index contributed by atoms with van der Waals surface area (Å²) in [5.74, 6) is 0.306. The number of hydrogen-bond acceptors (Lipinski definition) is 3. The van der Waals surface area contributed by atoms with Crippen molar-refractivity contribution in [2.24, 2.45) is 5.92 Å². The number of rotatable bonds is 5. The van der Waals surface area contributed by atoms with Gasteiger partial charge < -0.3 is 0 Å². The smallest absolute Gasteiger partial charge is 0.211 e. The van der Waals surface area contributed by atoms with Crippen LogP contribution in [-0.2, 0) is 10.0 Å². The van der Waals surface area contributed by atoms with Gasteiger partial charge in [-0.2, -0.15) is 0 Å². The summed E-state index contributed by atoms with van der Waals surface area (Å²) in [6.45, 7) is 4.41. The van der Waals surface area contributed by atoms with Crippen LogP contribution in [0.5, 0.6) is 0 Å². The fourth-order valence-electron chi connectivity index (χ4n) is 1.11. The topological polar surface area (TPSA) is 46.2 Å². The van der Waals surface area contributed by atoms with E-state index in [0.29, 0.717) is 17.4 Å². The average Bonchev–Trinajstić information content (AvgIpc) is 2.27. The molecule has 0 fully saturated rings. The molecule has 1 N–H and O–H groups in total. The molecule has 0 bridgehead atoms. The van der Waals surface area contributed by atoms with Crippen molar-refractivity contribution < 1.29 is 8.42 Å². The summed E-state index contributed by atoms with van der Waals surface area (Å²) in [6.07, 6.45) is 1.96. The summed E-state index contributed by atoms with van der Waals surface area (Å²) in [5, 5.41) is 0. The molecule has 0 saturated heterocycles. The third kappa shape index (κ3) is 3.81. The highest BCUT2D eigenvalue weighted by atomic mass is 32.2. The van der Waals surface area contributed by atoms with E-state index in [1.807, 2.05) is 32.2 Å². The zero-order valence-electron chi connectivity index (χ0n) is 9.73. The maximum Gasteiger partial charge on any atom is 0.240 e. The maximum absolute atomic E-state index is 11.8. The molecule has 0 aliphatic heterocycles. The van der Waals surface area contributed by atoms with Gasteiger partial charge in [0.15, 0.2) is 0 Å². The van der Waals surface area contributed by atoms with Gasteiger partial charge >= 0.3 is 0 Å². The Hall–Kier alpha value is -0.520. The molecule has 90 valence electrons. The Bertz CT molecular complexity index is 424. The molecule has 3 nitrogen and oxygen atoms in total. The van der Waals surface area contributed by atoms with E-state index in [4.69, 9.17) is 0 Å². The third-order valence-electron chi connectivity index (χ3n) is 2.05. The summed E-state index contributed by atoms with van der Waals surface area (Å²) in [7, 11) is -3.34. The molecular formula is C11H17NO2S2. The van der Waals surface area contributed by atoms with Crippen molar-refractivity contribution in [1.82, 2.24) is 4.72 Å². The minimum Gasteiger partial charge on any atom is -0.211 e. The van der Waals surface area contributed by atoms with Crippen LogP contribution in [-0.4, -0.2) is 21.2 Å². The largest absolute Gasteiger partial charge is 0.240 e. The Morgan fingerprint density at radius 3 is 2.25 bits per heavy atom. The van der Waals surface area contributed by atoms with E-state index < -0.39 is 10.0 Å². The minimum absolute atomic E-state index is 0.306. The molecular weight excluding hydrogens is 242 g/mol. The molecule has 0 heterocycles. The van der Waals surface area contributed by atoms with E-state index in [9.17, 15) is 8.42 Å². The highest BCUT2D eigenvalue weighted by Crippen LogP contribution is 2.17. The molecule has 0 amide bonds. The van der Waals surface area contributed by atoms with Crippen LogP contribution < -0.4 is 4.72 Å². The van der Waals surface area contributed by atoms with E-state index >= 15 is 0 Å². The lowest BCUT2D eigenvalue weighted by Gasteiger charge is -2.08. The normalized spacial score (nSPS) is 12.0. The van der Waals surface area contributed by atoms with E-state index in [1.54, 1.807) is 23.9 Å². The SMILES string of the molecule is CSc1ccc(S(=O)(=O)NCC(C)C)cc1. The predicted octanol–water partition coefficient (Wildman–Crippen LogP) is 2.34. The maximum atomic E-state index is 11.8. The molecule has 0 saturated carbocycles. The lowest BCUT2D eigenvalue weighted by molar-refractivity contribution is 0.560. The van der Waals surface area contributed by atoms with E-state index in [2.05, 4.69) is 4.72 Å². The fourth-order valence-corrected chi connectivity index (χ4v) is 2.74. The van der Waals surface area contributed by atoms with Crippen LogP contribution in [0.25, 0.3) is 0 Å². The Morgan fingerprint density at radius 2 is 1.81 bits per heavy atom.